The van der Waals surface area contributed by atoms with Gasteiger partial charge in [-0.15, -0.1) is 0 Å². The minimum atomic E-state index is -0.679. The number of carbonyl (C=O) groups excluding carboxylic acids is 1. The second-order valence-corrected chi connectivity index (χ2v) is 11.9. The van der Waals surface area contributed by atoms with Gasteiger partial charge in [0, 0.05) is 11.5 Å². The topological polar surface area (TPSA) is 86.0 Å². The van der Waals surface area contributed by atoms with E-state index in [4.69, 9.17) is 13.9 Å². The Labute approximate surface area is 202 Å². The van der Waals surface area contributed by atoms with Gasteiger partial charge in [0.15, 0.2) is 0 Å². The number of rotatable bonds is 5. The van der Waals surface area contributed by atoms with Crippen LogP contribution >= 0.6 is 0 Å². The maximum absolute atomic E-state index is 12.3. The zero-order valence-electron chi connectivity index (χ0n) is 20.9. The van der Waals surface area contributed by atoms with Crippen LogP contribution in [0.2, 0.25) is 0 Å². The lowest BCUT2D eigenvalue weighted by atomic mass is 9.43. The van der Waals surface area contributed by atoms with Crippen molar-refractivity contribution >= 4 is 5.97 Å². The highest BCUT2D eigenvalue weighted by atomic mass is 16.6. The summed E-state index contributed by atoms with van der Waals surface area (Å²) in [5, 5.41) is 12.3. The van der Waals surface area contributed by atoms with Crippen LogP contribution in [0.3, 0.4) is 0 Å². The van der Waals surface area contributed by atoms with E-state index in [1.165, 1.54) is 6.07 Å². The van der Waals surface area contributed by atoms with Crippen LogP contribution in [-0.2, 0) is 14.3 Å². The van der Waals surface area contributed by atoms with Crippen molar-refractivity contribution in [3.8, 4) is 0 Å². The van der Waals surface area contributed by atoms with E-state index in [1.807, 2.05) is 13.0 Å². The predicted octanol–water partition coefficient (Wildman–Crippen LogP) is 4.83. The molecule has 6 heteroatoms. The second-order valence-electron chi connectivity index (χ2n) is 11.9. The molecule has 0 amide bonds. The lowest BCUT2D eigenvalue weighted by Crippen LogP contribution is -2.62. The quantitative estimate of drug-likeness (QED) is 0.618. The minimum absolute atomic E-state index is 0.0487. The number of hydrogen-bond acceptors (Lipinski definition) is 6. The van der Waals surface area contributed by atoms with Crippen molar-refractivity contribution in [2.75, 3.05) is 13.2 Å². The minimum Gasteiger partial charge on any atom is -0.464 e. The summed E-state index contributed by atoms with van der Waals surface area (Å²) in [6, 6.07) is 3.41. The standard InChI is InChI=1S/C28H40O6/c1-4-32-25(30)17-33-20-9-12-26(2)19(15-20)6-7-23-22(26)10-13-27(3)21(11-14-28(23,27)31)18-5-8-24(29)34-16-18/h5,8,16,19-23,31H,4,6-7,9-15,17H2,1-3H3/t19-,20+,21-,22+,23-,26+,27-,28+/m1/s1. The first-order valence-electron chi connectivity index (χ1n) is 13.3. The van der Waals surface area contributed by atoms with Crippen LogP contribution in [0.15, 0.2) is 27.6 Å². The molecule has 188 valence electrons. The molecular formula is C28H40O6. The number of esters is 1. The molecule has 1 N–H and O–H groups in total. The Hall–Kier alpha value is -1.66. The molecule has 1 aromatic heterocycles. The van der Waals surface area contributed by atoms with Gasteiger partial charge in [-0.05, 0) is 105 Å². The maximum atomic E-state index is 12.3. The fourth-order valence-corrected chi connectivity index (χ4v) is 8.83. The van der Waals surface area contributed by atoms with Gasteiger partial charge in [0.25, 0.3) is 0 Å². The van der Waals surface area contributed by atoms with Crippen molar-refractivity contribution in [2.45, 2.75) is 96.2 Å². The van der Waals surface area contributed by atoms with E-state index in [-0.39, 0.29) is 41.1 Å². The summed E-state index contributed by atoms with van der Waals surface area (Å²) in [7, 11) is 0. The molecule has 0 spiro atoms. The molecule has 4 aliphatic rings. The summed E-state index contributed by atoms with van der Waals surface area (Å²) >= 11 is 0. The van der Waals surface area contributed by atoms with Gasteiger partial charge in [-0.1, -0.05) is 13.8 Å². The SMILES string of the molecule is CCOC(=O)CO[C@H]1CC[C@@]2(C)[C@H](CC[C@@H]3[C@@H]2CC[C@]2(C)[C@@H](c4ccc(=O)oc4)CC[C@]32O)C1. The number of hydrogen-bond donors (Lipinski definition) is 1. The molecule has 4 saturated carbocycles. The fraction of sp³-hybridized carbons (Fsp3) is 0.786. The van der Waals surface area contributed by atoms with Crippen LogP contribution in [0, 0.1) is 28.6 Å². The summed E-state index contributed by atoms with van der Waals surface area (Å²) in [4.78, 5) is 23.2. The van der Waals surface area contributed by atoms with Gasteiger partial charge >= 0.3 is 11.6 Å². The predicted molar refractivity (Wildman–Crippen MR) is 127 cm³/mol. The fourth-order valence-electron chi connectivity index (χ4n) is 8.83. The molecule has 5 rings (SSSR count). The molecule has 4 aliphatic carbocycles. The highest BCUT2D eigenvalue weighted by Crippen LogP contribution is 2.70. The number of fused-ring (bicyclic) bond motifs is 5. The van der Waals surface area contributed by atoms with Crippen LogP contribution < -0.4 is 5.63 Å². The van der Waals surface area contributed by atoms with Gasteiger partial charge in [0.2, 0.25) is 0 Å². The number of ether oxygens (including phenoxy) is 2. The Bertz CT molecular complexity index is 951. The van der Waals surface area contributed by atoms with Crippen molar-refractivity contribution in [1.29, 1.82) is 0 Å². The molecule has 4 fully saturated rings. The molecule has 0 aromatic carbocycles. The lowest BCUT2D eigenvalue weighted by Gasteiger charge is -2.63. The molecule has 34 heavy (non-hydrogen) atoms. The first-order chi connectivity index (χ1) is 16.2. The molecule has 0 radical (unpaired) electrons. The van der Waals surface area contributed by atoms with Gasteiger partial charge in [0.1, 0.15) is 6.61 Å². The largest absolute Gasteiger partial charge is 0.464 e. The molecule has 0 bridgehead atoms. The van der Waals surface area contributed by atoms with Gasteiger partial charge in [-0.25, -0.2) is 9.59 Å². The van der Waals surface area contributed by atoms with E-state index in [9.17, 15) is 14.7 Å². The van der Waals surface area contributed by atoms with Gasteiger partial charge in [0.05, 0.1) is 24.6 Å². The Morgan fingerprint density at radius 2 is 1.91 bits per heavy atom. The number of aliphatic hydroxyl groups is 1. The third-order valence-electron chi connectivity index (χ3n) is 10.7. The van der Waals surface area contributed by atoms with E-state index >= 15 is 0 Å². The maximum Gasteiger partial charge on any atom is 0.335 e. The summed E-state index contributed by atoms with van der Waals surface area (Å²) in [5.74, 6) is 1.35. The van der Waals surface area contributed by atoms with Crippen LogP contribution in [0.5, 0.6) is 0 Å². The van der Waals surface area contributed by atoms with Crippen molar-refractivity contribution in [1.82, 2.24) is 0 Å². The zero-order chi connectivity index (χ0) is 24.1. The van der Waals surface area contributed by atoms with Crippen molar-refractivity contribution < 1.29 is 23.8 Å². The Morgan fingerprint density at radius 3 is 2.65 bits per heavy atom. The summed E-state index contributed by atoms with van der Waals surface area (Å²) < 4.78 is 16.2. The van der Waals surface area contributed by atoms with Crippen LogP contribution in [0.25, 0.3) is 0 Å². The lowest BCUT2D eigenvalue weighted by molar-refractivity contribution is -0.207. The highest BCUT2D eigenvalue weighted by molar-refractivity contribution is 5.70. The zero-order valence-corrected chi connectivity index (χ0v) is 20.9. The van der Waals surface area contributed by atoms with Gasteiger partial charge in [-0.3, -0.25) is 0 Å². The van der Waals surface area contributed by atoms with Crippen molar-refractivity contribution in [3.05, 3.63) is 34.4 Å². The first-order valence-corrected chi connectivity index (χ1v) is 13.3. The third kappa shape index (κ3) is 3.67. The summed E-state index contributed by atoms with van der Waals surface area (Å²) in [6.07, 6.45) is 10.9. The molecule has 6 nitrogen and oxygen atoms in total. The average Bonchev–Trinajstić information content (AvgIpc) is 3.09. The van der Waals surface area contributed by atoms with E-state index in [2.05, 4.69) is 13.8 Å². The van der Waals surface area contributed by atoms with Crippen molar-refractivity contribution in [3.63, 3.8) is 0 Å². The van der Waals surface area contributed by atoms with E-state index in [0.717, 1.165) is 63.4 Å². The smallest absolute Gasteiger partial charge is 0.335 e. The van der Waals surface area contributed by atoms with Crippen LogP contribution in [0.1, 0.15) is 90.0 Å². The first kappa shape index (κ1) is 24.1. The van der Waals surface area contributed by atoms with E-state index < -0.39 is 5.60 Å². The van der Waals surface area contributed by atoms with Crippen LogP contribution in [0.4, 0.5) is 0 Å². The Balaban J connectivity index is 1.32. The third-order valence-corrected chi connectivity index (χ3v) is 10.7. The number of carbonyl (C=O) groups is 1. The Morgan fingerprint density at radius 1 is 1.09 bits per heavy atom. The van der Waals surface area contributed by atoms with E-state index in [0.29, 0.717) is 24.4 Å². The second kappa shape index (κ2) is 8.77. The van der Waals surface area contributed by atoms with Gasteiger partial charge < -0.3 is 19.0 Å². The molecular weight excluding hydrogens is 432 g/mol. The monoisotopic (exact) mass is 472 g/mol. The van der Waals surface area contributed by atoms with E-state index in [1.54, 1.807) is 6.26 Å². The Kier molecular flexibility index (Phi) is 6.21. The average molecular weight is 473 g/mol. The van der Waals surface area contributed by atoms with Gasteiger partial charge in [-0.2, -0.15) is 0 Å². The molecule has 1 aromatic rings. The molecule has 1 heterocycles. The van der Waals surface area contributed by atoms with Crippen molar-refractivity contribution in [2.24, 2.45) is 28.6 Å². The summed E-state index contributed by atoms with van der Waals surface area (Å²) in [6.45, 7) is 6.99. The molecule has 0 unspecified atom stereocenters. The molecule has 0 saturated heterocycles. The molecule has 8 atom stereocenters. The highest BCUT2D eigenvalue weighted by Gasteiger charge is 2.67. The molecule has 0 aliphatic heterocycles. The van der Waals surface area contributed by atoms with Crippen LogP contribution in [-0.4, -0.2) is 36.0 Å². The summed E-state index contributed by atoms with van der Waals surface area (Å²) in [5.41, 5.74) is 0.0650. The normalized spacial score (nSPS) is 43.5.